The molecule has 0 bridgehead atoms. The van der Waals surface area contributed by atoms with Crippen LogP contribution in [0.25, 0.3) is 0 Å². The van der Waals surface area contributed by atoms with Crippen LogP contribution in [-0.4, -0.2) is 23.7 Å². The standard InChI is InChI=1S/C15H21NO3/c17-13-9-7-12(8-10-13)16-11-15(18)19-14-5-3-1-2-4-6-14/h7-10,14,16-17H,1-6,11H2. The molecule has 0 heterocycles. The number of aromatic hydroxyl groups is 1. The molecule has 1 aliphatic rings. The van der Waals surface area contributed by atoms with Gasteiger partial charge in [-0.15, -0.1) is 0 Å². The summed E-state index contributed by atoms with van der Waals surface area (Å²) in [6.07, 6.45) is 6.89. The first-order valence-electron chi connectivity index (χ1n) is 6.96. The molecule has 19 heavy (non-hydrogen) atoms. The minimum Gasteiger partial charge on any atom is -0.508 e. The predicted octanol–water partition coefficient (Wildman–Crippen LogP) is 3.07. The van der Waals surface area contributed by atoms with Crippen molar-refractivity contribution in [1.82, 2.24) is 0 Å². The van der Waals surface area contributed by atoms with Gasteiger partial charge in [-0.05, 0) is 49.9 Å². The molecular formula is C15H21NO3. The van der Waals surface area contributed by atoms with Crippen molar-refractivity contribution in [1.29, 1.82) is 0 Å². The van der Waals surface area contributed by atoms with Gasteiger partial charge >= 0.3 is 5.97 Å². The zero-order valence-corrected chi connectivity index (χ0v) is 11.1. The molecule has 4 nitrogen and oxygen atoms in total. The molecular weight excluding hydrogens is 242 g/mol. The molecule has 1 saturated carbocycles. The van der Waals surface area contributed by atoms with E-state index in [1.165, 1.54) is 12.8 Å². The van der Waals surface area contributed by atoms with E-state index in [-0.39, 0.29) is 24.4 Å². The van der Waals surface area contributed by atoms with Gasteiger partial charge in [0.1, 0.15) is 18.4 Å². The molecule has 0 atom stereocenters. The zero-order chi connectivity index (χ0) is 13.5. The fraction of sp³-hybridized carbons (Fsp3) is 0.533. The van der Waals surface area contributed by atoms with Gasteiger partial charge in [0.05, 0.1) is 0 Å². The zero-order valence-electron chi connectivity index (χ0n) is 11.1. The van der Waals surface area contributed by atoms with Gasteiger partial charge < -0.3 is 15.2 Å². The average molecular weight is 263 g/mol. The summed E-state index contributed by atoms with van der Waals surface area (Å²) in [5.74, 6) is 0.00607. The second-order valence-corrected chi connectivity index (χ2v) is 5.00. The van der Waals surface area contributed by atoms with Crippen molar-refractivity contribution in [2.24, 2.45) is 0 Å². The summed E-state index contributed by atoms with van der Waals surface area (Å²) in [5, 5.41) is 12.1. The Hall–Kier alpha value is -1.71. The number of phenols is 1. The number of benzene rings is 1. The van der Waals surface area contributed by atoms with Crippen molar-refractivity contribution in [3.8, 4) is 5.75 Å². The van der Waals surface area contributed by atoms with Gasteiger partial charge in [0, 0.05) is 5.69 Å². The molecule has 1 aromatic carbocycles. The number of hydrogen-bond acceptors (Lipinski definition) is 4. The lowest BCUT2D eigenvalue weighted by Crippen LogP contribution is -2.23. The molecule has 2 rings (SSSR count). The van der Waals surface area contributed by atoms with E-state index in [0.29, 0.717) is 0 Å². The van der Waals surface area contributed by atoms with Gasteiger partial charge in [-0.1, -0.05) is 12.8 Å². The molecule has 0 unspecified atom stereocenters. The number of rotatable bonds is 4. The summed E-state index contributed by atoms with van der Waals surface area (Å²) in [4.78, 5) is 11.7. The highest BCUT2D eigenvalue weighted by Gasteiger charge is 2.16. The van der Waals surface area contributed by atoms with Crippen LogP contribution in [0.15, 0.2) is 24.3 Å². The normalized spacial score (nSPS) is 16.6. The Morgan fingerprint density at radius 2 is 1.79 bits per heavy atom. The number of carbonyl (C=O) groups is 1. The maximum Gasteiger partial charge on any atom is 0.325 e. The smallest absolute Gasteiger partial charge is 0.325 e. The number of anilines is 1. The van der Waals surface area contributed by atoms with Gasteiger partial charge in [-0.2, -0.15) is 0 Å². The van der Waals surface area contributed by atoms with Gasteiger partial charge in [0.2, 0.25) is 0 Å². The minimum absolute atomic E-state index is 0.0941. The highest BCUT2D eigenvalue weighted by atomic mass is 16.5. The summed E-state index contributed by atoms with van der Waals surface area (Å²) in [5.41, 5.74) is 0.801. The van der Waals surface area contributed by atoms with Crippen molar-refractivity contribution >= 4 is 11.7 Å². The molecule has 2 N–H and O–H groups in total. The van der Waals surface area contributed by atoms with Crippen molar-refractivity contribution < 1.29 is 14.6 Å². The molecule has 0 spiro atoms. The van der Waals surface area contributed by atoms with Crippen molar-refractivity contribution in [3.05, 3.63) is 24.3 Å². The van der Waals surface area contributed by atoms with Crippen LogP contribution in [0.2, 0.25) is 0 Å². The van der Waals surface area contributed by atoms with Gasteiger partial charge in [0.15, 0.2) is 0 Å². The Kier molecular flexibility index (Phi) is 5.07. The van der Waals surface area contributed by atoms with Gasteiger partial charge in [-0.3, -0.25) is 4.79 Å². The lowest BCUT2D eigenvalue weighted by atomic mass is 10.1. The summed E-state index contributed by atoms with van der Waals surface area (Å²) in [6, 6.07) is 6.63. The number of phenolic OH excluding ortho intramolecular Hbond substituents is 1. The SMILES string of the molecule is O=C(CNc1ccc(O)cc1)OC1CCCCCC1. The molecule has 0 saturated heterocycles. The topological polar surface area (TPSA) is 58.6 Å². The summed E-state index contributed by atoms with van der Waals surface area (Å²) in [7, 11) is 0. The van der Waals surface area contributed by atoms with Crippen LogP contribution in [0.1, 0.15) is 38.5 Å². The van der Waals surface area contributed by atoms with Crippen molar-refractivity contribution in [2.45, 2.75) is 44.6 Å². The second kappa shape index (κ2) is 7.02. The lowest BCUT2D eigenvalue weighted by molar-refractivity contribution is -0.147. The number of carbonyl (C=O) groups excluding carboxylic acids is 1. The summed E-state index contributed by atoms with van der Waals surface area (Å²) < 4.78 is 5.47. The first kappa shape index (κ1) is 13.7. The number of ether oxygens (including phenoxy) is 1. The average Bonchev–Trinajstić information content (AvgIpc) is 2.67. The van der Waals surface area contributed by atoms with E-state index in [2.05, 4.69) is 5.32 Å². The predicted molar refractivity (Wildman–Crippen MR) is 74.2 cm³/mol. The van der Waals surface area contributed by atoms with Crippen LogP contribution in [0, 0.1) is 0 Å². The third-order valence-corrected chi connectivity index (χ3v) is 3.40. The maximum atomic E-state index is 11.7. The molecule has 1 aliphatic carbocycles. The highest BCUT2D eigenvalue weighted by Crippen LogP contribution is 2.20. The Labute approximate surface area is 113 Å². The van der Waals surface area contributed by atoms with Gasteiger partial charge in [-0.25, -0.2) is 0 Å². The van der Waals surface area contributed by atoms with Crippen molar-refractivity contribution in [3.63, 3.8) is 0 Å². The van der Waals surface area contributed by atoms with E-state index in [4.69, 9.17) is 9.84 Å². The highest BCUT2D eigenvalue weighted by molar-refractivity contribution is 5.75. The molecule has 104 valence electrons. The van der Waals surface area contributed by atoms with Crippen LogP contribution in [0.4, 0.5) is 5.69 Å². The molecule has 4 heteroatoms. The van der Waals surface area contributed by atoms with Crippen LogP contribution >= 0.6 is 0 Å². The largest absolute Gasteiger partial charge is 0.508 e. The molecule has 0 aliphatic heterocycles. The Morgan fingerprint density at radius 3 is 2.42 bits per heavy atom. The third kappa shape index (κ3) is 4.81. The van der Waals surface area contributed by atoms with Crippen LogP contribution in [0.3, 0.4) is 0 Å². The third-order valence-electron chi connectivity index (χ3n) is 3.40. The van der Waals surface area contributed by atoms with E-state index in [1.807, 2.05) is 0 Å². The van der Waals surface area contributed by atoms with Crippen LogP contribution < -0.4 is 5.32 Å². The summed E-state index contributed by atoms with van der Waals surface area (Å²) >= 11 is 0. The molecule has 1 aromatic rings. The maximum absolute atomic E-state index is 11.7. The van der Waals surface area contributed by atoms with Gasteiger partial charge in [0.25, 0.3) is 0 Å². The van der Waals surface area contributed by atoms with E-state index in [9.17, 15) is 4.79 Å². The fourth-order valence-electron chi connectivity index (χ4n) is 2.34. The molecule has 0 aromatic heterocycles. The lowest BCUT2D eigenvalue weighted by Gasteiger charge is -2.15. The van der Waals surface area contributed by atoms with E-state index in [0.717, 1.165) is 31.4 Å². The first-order valence-corrected chi connectivity index (χ1v) is 6.96. The molecule has 1 fully saturated rings. The Balaban J connectivity index is 1.73. The Morgan fingerprint density at radius 1 is 1.16 bits per heavy atom. The Bertz CT molecular complexity index is 394. The monoisotopic (exact) mass is 263 g/mol. The minimum atomic E-state index is -0.208. The first-order chi connectivity index (χ1) is 9.24. The number of esters is 1. The quantitative estimate of drug-likeness (QED) is 0.498. The summed E-state index contributed by atoms with van der Waals surface area (Å²) in [6.45, 7) is 0.168. The van der Waals surface area contributed by atoms with E-state index < -0.39 is 0 Å². The number of hydrogen-bond donors (Lipinski definition) is 2. The van der Waals surface area contributed by atoms with Crippen LogP contribution in [-0.2, 0) is 9.53 Å². The second-order valence-electron chi connectivity index (χ2n) is 5.00. The molecule has 0 amide bonds. The molecule has 0 radical (unpaired) electrons. The van der Waals surface area contributed by atoms with E-state index in [1.54, 1.807) is 24.3 Å². The van der Waals surface area contributed by atoms with E-state index >= 15 is 0 Å². The van der Waals surface area contributed by atoms with Crippen LogP contribution in [0.5, 0.6) is 5.75 Å². The fourth-order valence-corrected chi connectivity index (χ4v) is 2.34. The van der Waals surface area contributed by atoms with Crippen molar-refractivity contribution in [2.75, 3.05) is 11.9 Å². The number of nitrogens with one attached hydrogen (secondary N) is 1.